The average Bonchev–Trinajstić information content (AvgIpc) is 3.04. The number of carbonyl (C=O) groups excluding carboxylic acids is 1. The lowest BCUT2D eigenvalue weighted by Gasteiger charge is -2.04. The number of nitrogens with zero attached hydrogens (tertiary/aromatic N) is 1. The standard InChI is InChI=1S/C17H11Cl2FN2OS2/c18-10-1-6-13(14(19)7-10)15-8-24-17(22-15)25-9-16(23)21-12-4-2-11(20)3-5-12/h1-8H,9H2,(H,21,23). The van der Waals surface area contributed by atoms with Crippen molar-refractivity contribution in [2.45, 2.75) is 4.34 Å². The molecule has 1 amide bonds. The Labute approximate surface area is 162 Å². The van der Waals surface area contributed by atoms with E-state index in [1.165, 1.54) is 47.4 Å². The number of thiazole rings is 1. The zero-order valence-corrected chi connectivity index (χ0v) is 15.8. The van der Waals surface area contributed by atoms with Crippen molar-refractivity contribution in [3.8, 4) is 11.3 Å². The Bertz CT molecular complexity index is 900. The largest absolute Gasteiger partial charge is 0.325 e. The molecule has 2 aromatic carbocycles. The predicted octanol–water partition coefficient (Wildman–Crippen LogP) is 5.99. The van der Waals surface area contributed by atoms with Crippen LogP contribution in [0.1, 0.15) is 0 Å². The van der Waals surface area contributed by atoms with Crippen molar-refractivity contribution in [3.63, 3.8) is 0 Å². The summed E-state index contributed by atoms with van der Waals surface area (Å²) >= 11 is 14.8. The van der Waals surface area contributed by atoms with Crippen LogP contribution in [0.5, 0.6) is 0 Å². The molecular formula is C17H11Cl2FN2OS2. The number of carbonyl (C=O) groups is 1. The molecule has 0 radical (unpaired) electrons. The molecule has 0 saturated carbocycles. The third-order valence-corrected chi connectivity index (χ3v) is 5.71. The van der Waals surface area contributed by atoms with Crippen molar-refractivity contribution < 1.29 is 9.18 Å². The number of nitrogens with one attached hydrogen (secondary N) is 1. The summed E-state index contributed by atoms with van der Waals surface area (Å²) in [5.74, 6) is -0.319. The minimum Gasteiger partial charge on any atom is -0.325 e. The number of amides is 1. The topological polar surface area (TPSA) is 42.0 Å². The van der Waals surface area contributed by atoms with Crippen LogP contribution in [0.15, 0.2) is 52.2 Å². The van der Waals surface area contributed by atoms with Gasteiger partial charge < -0.3 is 5.32 Å². The van der Waals surface area contributed by atoms with Crippen molar-refractivity contribution in [2.24, 2.45) is 0 Å². The smallest absolute Gasteiger partial charge is 0.234 e. The first-order chi connectivity index (χ1) is 12.0. The summed E-state index contributed by atoms with van der Waals surface area (Å²) in [5.41, 5.74) is 2.10. The van der Waals surface area contributed by atoms with Crippen LogP contribution in [-0.4, -0.2) is 16.6 Å². The molecule has 0 fully saturated rings. The van der Waals surface area contributed by atoms with Crippen LogP contribution in [-0.2, 0) is 4.79 Å². The second-order valence-corrected chi connectivity index (χ2v) is 7.89. The van der Waals surface area contributed by atoms with E-state index in [9.17, 15) is 9.18 Å². The molecule has 0 unspecified atom stereocenters. The highest BCUT2D eigenvalue weighted by atomic mass is 35.5. The highest BCUT2D eigenvalue weighted by molar-refractivity contribution is 8.01. The Morgan fingerprint density at radius 2 is 1.96 bits per heavy atom. The highest BCUT2D eigenvalue weighted by Gasteiger charge is 2.11. The van der Waals surface area contributed by atoms with Crippen LogP contribution in [0.3, 0.4) is 0 Å². The summed E-state index contributed by atoms with van der Waals surface area (Å²) in [5, 5.41) is 5.69. The number of hydrogen-bond acceptors (Lipinski definition) is 4. The molecule has 0 bridgehead atoms. The van der Waals surface area contributed by atoms with E-state index in [2.05, 4.69) is 10.3 Å². The lowest BCUT2D eigenvalue weighted by molar-refractivity contribution is -0.113. The van der Waals surface area contributed by atoms with Gasteiger partial charge in [-0.3, -0.25) is 4.79 Å². The molecule has 0 atom stereocenters. The molecule has 0 aliphatic heterocycles. The molecule has 3 rings (SSSR count). The lowest BCUT2D eigenvalue weighted by atomic mass is 10.2. The van der Waals surface area contributed by atoms with E-state index in [-0.39, 0.29) is 17.5 Å². The van der Waals surface area contributed by atoms with E-state index in [0.717, 1.165) is 15.6 Å². The molecule has 0 saturated heterocycles. The Balaban J connectivity index is 1.59. The van der Waals surface area contributed by atoms with Crippen LogP contribution >= 0.6 is 46.3 Å². The van der Waals surface area contributed by atoms with Crippen molar-refractivity contribution in [1.29, 1.82) is 0 Å². The minimum absolute atomic E-state index is 0.183. The zero-order chi connectivity index (χ0) is 17.8. The molecular weight excluding hydrogens is 402 g/mol. The fourth-order valence-electron chi connectivity index (χ4n) is 2.00. The van der Waals surface area contributed by atoms with E-state index in [1.807, 2.05) is 11.4 Å². The number of aromatic nitrogens is 1. The van der Waals surface area contributed by atoms with Crippen LogP contribution < -0.4 is 5.32 Å². The third-order valence-electron chi connectivity index (χ3n) is 3.14. The predicted molar refractivity (Wildman–Crippen MR) is 103 cm³/mol. The summed E-state index contributed by atoms with van der Waals surface area (Å²) in [6.45, 7) is 0. The van der Waals surface area contributed by atoms with E-state index in [1.54, 1.807) is 12.1 Å². The normalized spacial score (nSPS) is 10.7. The maximum absolute atomic E-state index is 12.8. The van der Waals surface area contributed by atoms with Crippen LogP contribution in [0.4, 0.5) is 10.1 Å². The van der Waals surface area contributed by atoms with Crippen LogP contribution in [0.25, 0.3) is 11.3 Å². The first kappa shape index (κ1) is 18.2. The average molecular weight is 413 g/mol. The Morgan fingerprint density at radius 3 is 2.68 bits per heavy atom. The van der Waals surface area contributed by atoms with Crippen molar-refractivity contribution >= 4 is 57.9 Å². The fraction of sp³-hybridized carbons (Fsp3) is 0.0588. The van der Waals surface area contributed by atoms with Gasteiger partial charge in [-0.25, -0.2) is 9.37 Å². The van der Waals surface area contributed by atoms with Gasteiger partial charge in [0, 0.05) is 21.7 Å². The van der Waals surface area contributed by atoms with Gasteiger partial charge in [0.2, 0.25) is 5.91 Å². The Kier molecular flexibility index (Phi) is 5.96. The monoisotopic (exact) mass is 412 g/mol. The SMILES string of the molecule is O=C(CSc1nc(-c2ccc(Cl)cc2Cl)cs1)Nc1ccc(F)cc1. The highest BCUT2D eigenvalue weighted by Crippen LogP contribution is 2.33. The van der Waals surface area contributed by atoms with Crippen molar-refractivity contribution in [2.75, 3.05) is 11.1 Å². The van der Waals surface area contributed by atoms with Crippen LogP contribution in [0.2, 0.25) is 10.0 Å². The summed E-state index contributed by atoms with van der Waals surface area (Å²) in [7, 11) is 0. The first-order valence-electron chi connectivity index (χ1n) is 7.10. The van der Waals surface area contributed by atoms with Gasteiger partial charge in [0.1, 0.15) is 5.82 Å². The fourth-order valence-corrected chi connectivity index (χ4v) is 4.13. The second-order valence-electron chi connectivity index (χ2n) is 4.97. The number of halogens is 3. The molecule has 3 aromatic rings. The molecule has 1 N–H and O–H groups in total. The maximum atomic E-state index is 12.8. The molecule has 3 nitrogen and oxygen atoms in total. The molecule has 8 heteroatoms. The van der Waals surface area contributed by atoms with Crippen molar-refractivity contribution in [1.82, 2.24) is 4.98 Å². The van der Waals surface area contributed by atoms with Gasteiger partial charge in [0.05, 0.1) is 16.5 Å². The maximum Gasteiger partial charge on any atom is 0.234 e. The lowest BCUT2D eigenvalue weighted by Crippen LogP contribution is -2.13. The molecule has 0 spiro atoms. The van der Waals surface area contributed by atoms with Crippen molar-refractivity contribution in [3.05, 3.63) is 63.7 Å². The quantitative estimate of drug-likeness (QED) is 0.523. The summed E-state index contributed by atoms with van der Waals surface area (Å²) in [6.07, 6.45) is 0. The third kappa shape index (κ3) is 4.95. The number of rotatable bonds is 5. The summed E-state index contributed by atoms with van der Waals surface area (Å²) < 4.78 is 13.6. The molecule has 128 valence electrons. The second kappa shape index (κ2) is 8.19. The molecule has 0 aliphatic carbocycles. The van der Waals surface area contributed by atoms with E-state index in [4.69, 9.17) is 23.2 Å². The molecule has 0 aliphatic rings. The minimum atomic E-state index is -0.344. The number of benzene rings is 2. The van der Waals surface area contributed by atoms with E-state index < -0.39 is 0 Å². The number of anilines is 1. The van der Waals surface area contributed by atoms with Gasteiger partial charge in [0.25, 0.3) is 0 Å². The molecule has 1 heterocycles. The van der Waals surface area contributed by atoms with Gasteiger partial charge in [-0.1, -0.05) is 35.0 Å². The number of thioether (sulfide) groups is 1. The van der Waals surface area contributed by atoms with E-state index >= 15 is 0 Å². The van der Waals surface area contributed by atoms with Gasteiger partial charge in [-0.2, -0.15) is 0 Å². The van der Waals surface area contributed by atoms with Gasteiger partial charge in [-0.15, -0.1) is 11.3 Å². The summed E-state index contributed by atoms with van der Waals surface area (Å²) in [6, 6.07) is 10.9. The Morgan fingerprint density at radius 1 is 1.20 bits per heavy atom. The van der Waals surface area contributed by atoms with Gasteiger partial charge >= 0.3 is 0 Å². The van der Waals surface area contributed by atoms with Crippen LogP contribution in [0, 0.1) is 5.82 Å². The first-order valence-corrected chi connectivity index (χ1v) is 9.72. The van der Waals surface area contributed by atoms with Gasteiger partial charge in [0.15, 0.2) is 4.34 Å². The van der Waals surface area contributed by atoms with E-state index in [0.29, 0.717) is 15.7 Å². The van der Waals surface area contributed by atoms with Gasteiger partial charge in [-0.05, 0) is 42.5 Å². The zero-order valence-electron chi connectivity index (χ0n) is 12.6. The molecule has 25 heavy (non-hydrogen) atoms. The summed E-state index contributed by atoms with van der Waals surface area (Å²) in [4.78, 5) is 16.4. The Hall–Kier alpha value is -1.60. The molecule has 1 aromatic heterocycles. The number of hydrogen-bond donors (Lipinski definition) is 1.